The lowest BCUT2D eigenvalue weighted by molar-refractivity contribution is 0.00578. The standard InChI is InChI=1S/C11H17BO2/c1-6-7-8-9-12-13-10(2,3)11(4,5)14-12/h6H,1,7H2,2-5H3. The fourth-order valence-electron chi connectivity index (χ4n) is 1.12. The van der Waals surface area contributed by atoms with Crippen LogP contribution >= 0.6 is 0 Å². The zero-order valence-corrected chi connectivity index (χ0v) is 9.39. The zero-order chi connectivity index (χ0) is 10.8. The van der Waals surface area contributed by atoms with Gasteiger partial charge in [0.25, 0.3) is 0 Å². The lowest BCUT2D eigenvalue weighted by Crippen LogP contribution is -2.41. The largest absolute Gasteiger partial charge is 0.551 e. The van der Waals surface area contributed by atoms with E-state index in [1.54, 1.807) is 6.08 Å². The molecule has 0 atom stereocenters. The van der Waals surface area contributed by atoms with Crippen molar-refractivity contribution in [2.45, 2.75) is 45.3 Å². The van der Waals surface area contributed by atoms with Crippen LogP contribution in [-0.2, 0) is 9.31 Å². The molecule has 0 bridgehead atoms. The highest BCUT2D eigenvalue weighted by molar-refractivity contribution is 6.55. The van der Waals surface area contributed by atoms with Crippen molar-refractivity contribution in [2.24, 2.45) is 0 Å². The van der Waals surface area contributed by atoms with Crippen LogP contribution in [0.5, 0.6) is 0 Å². The van der Waals surface area contributed by atoms with Gasteiger partial charge in [0.2, 0.25) is 0 Å². The van der Waals surface area contributed by atoms with E-state index in [-0.39, 0.29) is 11.2 Å². The Kier molecular flexibility index (Phi) is 3.09. The molecule has 1 rings (SSSR count). The van der Waals surface area contributed by atoms with E-state index in [4.69, 9.17) is 9.31 Å². The van der Waals surface area contributed by atoms with Crippen LogP contribution in [0.1, 0.15) is 34.1 Å². The number of hydrogen-bond acceptors (Lipinski definition) is 2. The number of hydrogen-bond donors (Lipinski definition) is 0. The first-order valence-electron chi connectivity index (χ1n) is 4.84. The summed E-state index contributed by atoms with van der Waals surface area (Å²) in [6.07, 6.45) is 2.43. The fraction of sp³-hybridized carbons (Fsp3) is 0.636. The van der Waals surface area contributed by atoms with Crippen LogP contribution in [-0.4, -0.2) is 18.3 Å². The van der Waals surface area contributed by atoms with Crippen LogP contribution in [0.15, 0.2) is 12.7 Å². The molecule has 1 saturated heterocycles. The van der Waals surface area contributed by atoms with Crippen LogP contribution in [0.3, 0.4) is 0 Å². The third kappa shape index (κ3) is 2.20. The molecule has 1 heterocycles. The molecular weight excluding hydrogens is 175 g/mol. The van der Waals surface area contributed by atoms with Gasteiger partial charge in [-0.15, -0.1) is 12.5 Å². The van der Waals surface area contributed by atoms with Crippen LogP contribution in [0.2, 0.25) is 0 Å². The predicted octanol–water partition coefficient (Wildman–Crippen LogP) is 2.20. The second-order valence-corrected chi connectivity index (χ2v) is 4.40. The number of allylic oxidation sites excluding steroid dienone is 1. The zero-order valence-electron chi connectivity index (χ0n) is 9.39. The predicted molar refractivity (Wildman–Crippen MR) is 58.7 cm³/mol. The van der Waals surface area contributed by atoms with E-state index in [0.717, 1.165) is 0 Å². The summed E-state index contributed by atoms with van der Waals surface area (Å²) in [6.45, 7) is 11.7. The van der Waals surface area contributed by atoms with Gasteiger partial charge in [-0.2, -0.15) is 0 Å². The van der Waals surface area contributed by atoms with Crippen LogP contribution in [0.25, 0.3) is 0 Å². The minimum atomic E-state index is -0.403. The molecule has 1 fully saturated rings. The molecule has 0 aromatic rings. The van der Waals surface area contributed by atoms with E-state index >= 15 is 0 Å². The van der Waals surface area contributed by atoms with E-state index in [2.05, 4.69) is 18.3 Å². The average Bonchev–Trinajstić information content (AvgIpc) is 2.21. The molecule has 0 aromatic carbocycles. The molecule has 0 aromatic heterocycles. The molecular formula is C11H17BO2. The molecule has 1 aliphatic heterocycles. The molecule has 76 valence electrons. The van der Waals surface area contributed by atoms with Gasteiger partial charge >= 0.3 is 7.12 Å². The Labute approximate surface area is 86.8 Å². The summed E-state index contributed by atoms with van der Waals surface area (Å²) < 4.78 is 11.4. The quantitative estimate of drug-likeness (QED) is 0.360. The molecule has 0 saturated carbocycles. The summed E-state index contributed by atoms with van der Waals surface area (Å²) >= 11 is 0. The van der Waals surface area contributed by atoms with Crippen molar-refractivity contribution in [2.75, 3.05) is 0 Å². The summed E-state index contributed by atoms with van der Waals surface area (Å²) in [5.74, 6) is 5.86. The minimum absolute atomic E-state index is 0.291. The van der Waals surface area contributed by atoms with Crippen molar-refractivity contribution >= 4 is 7.12 Å². The molecule has 14 heavy (non-hydrogen) atoms. The Hall–Kier alpha value is -0.715. The van der Waals surface area contributed by atoms with Crippen molar-refractivity contribution in [3.8, 4) is 11.7 Å². The second-order valence-electron chi connectivity index (χ2n) is 4.40. The summed E-state index contributed by atoms with van der Waals surface area (Å²) in [5.41, 5.74) is -0.582. The second kappa shape index (κ2) is 3.80. The molecule has 2 nitrogen and oxygen atoms in total. The Bertz CT molecular complexity index is 267. The van der Waals surface area contributed by atoms with Crippen LogP contribution in [0.4, 0.5) is 0 Å². The maximum absolute atomic E-state index is 5.68. The summed E-state index contributed by atoms with van der Waals surface area (Å²) in [5, 5.41) is 0. The van der Waals surface area contributed by atoms with Gasteiger partial charge in [-0.3, -0.25) is 0 Å². The topological polar surface area (TPSA) is 18.5 Å². The normalized spacial score (nSPS) is 22.7. The van der Waals surface area contributed by atoms with Crippen molar-refractivity contribution in [1.29, 1.82) is 0 Å². The van der Waals surface area contributed by atoms with Gasteiger partial charge < -0.3 is 9.31 Å². The molecule has 1 aliphatic rings. The van der Waals surface area contributed by atoms with Crippen molar-refractivity contribution in [3.63, 3.8) is 0 Å². The third-order valence-electron chi connectivity index (χ3n) is 2.72. The highest BCUT2D eigenvalue weighted by atomic mass is 16.7. The first-order valence-corrected chi connectivity index (χ1v) is 4.84. The van der Waals surface area contributed by atoms with Gasteiger partial charge in [0, 0.05) is 6.42 Å². The summed E-state index contributed by atoms with van der Waals surface area (Å²) in [6, 6.07) is 0. The fourth-order valence-corrected chi connectivity index (χ4v) is 1.12. The molecule has 0 spiro atoms. The molecule has 0 N–H and O–H groups in total. The minimum Gasteiger partial charge on any atom is -0.392 e. The molecule has 3 heteroatoms. The molecule has 0 aliphatic carbocycles. The maximum atomic E-state index is 5.68. The first kappa shape index (κ1) is 11.4. The Morgan fingerprint density at radius 1 is 1.21 bits per heavy atom. The van der Waals surface area contributed by atoms with Gasteiger partial charge in [0.1, 0.15) is 0 Å². The van der Waals surface area contributed by atoms with E-state index in [1.165, 1.54) is 0 Å². The van der Waals surface area contributed by atoms with Gasteiger partial charge in [0.15, 0.2) is 0 Å². The Balaban J connectivity index is 2.65. The van der Waals surface area contributed by atoms with E-state index in [9.17, 15) is 0 Å². The maximum Gasteiger partial charge on any atom is 0.551 e. The Morgan fingerprint density at radius 3 is 2.14 bits per heavy atom. The lowest BCUT2D eigenvalue weighted by Gasteiger charge is -2.32. The van der Waals surface area contributed by atoms with E-state index < -0.39 is 7.12 Å². The molecule has 0 radical (unpaired) electrons. The summed E-state index contributed by atoms with van der Waals surface area (Å²) in [4.78, 5) is 0. The van der Waals surface area contributed by atoms with Crippen LogP contribution in [0, 0.1) is 11.7 Å². The lowest BCUT2D eigenvalue weighted by atomic mass is 9.90. The molecule has 0 amide bonds. The van der Waals surface area contributed by atoms with Crippen LogP contribution < -0.4 is 0 Å². The van der Waals surface area contributed by atoms with E-state index in [0.29, 0.717) is 6.42 Å². The van der Waals surface area contributed by atoms with E-state index in [1.807, 2.05) is 27.7 Å². The van der Waals surface area contributed by atoms with Gasteiger partial charge in [-0.1, -0.05) is 11.9 Å². The van der Waals surface area contributed by atoms with Crippen molar-refractivity contribution in [3.05, 3.63) is 12.7 Å². The molecule has 0 unspecified atom stereocenters. The smallest absolute Gasteiger partial charge is 0.392 e. The van der Waals surface area contributed by atoms with Gasteiger partial charge in [0.05, 0.1) is 11.2 Å². The number of rotatable bonds is 1. The average molecular weight is 192 g/mol. The third-order valence-corrected chi connectivity index (χ3v) is 2.72. The van der Waals surface area contributed by atoms with Crippen molar-refractivity contribution < 1.29 is 9.31 Å². The highest BCUT2D eigenvalue weighted by Gasteiger charge is 2.50. The Morgan fingerprint density at radius 2 is 1.71 bits per heavy atom. The van der Waals surface area contributed by atoms with Crippen molar-refractivity contribution in [1.82, 2.24) is 0 Å². The highest BCUT2D eigenvalue weighted by Crippen LogP contribution is 2.36. The SMILES string of the molecule is C=CCC#CB1OC(C)(C)C(C)(C)O1. The van der Waals surface area contributed by atoms with Gasteiger partial charge in [-0.05, 0) is 27.7 Å². The summed E-state index contributed by atoms with van der Waals surface area (Å²) in [7, 11) is -0.403. The first-order chi connectivity index (χ1) is 6.39. The monoisotopic (exact) mass is 192 g/mol. The van der Waals surface area contributed by atoms with Gasteiger partial charge in [-0.25, -0.2) is 0 Å².